The van der Waals surface area contributed by atoms with Crippen molar-refractivity contribution < 1.29 is 38.2 Å². The molecule has 0 aromatic carbocycles. The summed E-state index contributed by atoms with van der Waals surface area (Å²) < 4.78 is 10.9. The third-order valence-corrected chi connectivity index (χ3v) is 13.5. The Morgan fingerprint density at radius 3 is 0.932 bits per heavy atom. The van der Waals surface area contributed by atoms with Crippen LogP contribution in [-0.2, 0) is 28.7 Å². The number of nitrogens with zero attached hydrogens (tertiary/aromatic N) is 2. The van der Waals surface area contributed by atoms with Crippen LogP contribution in [0.2, 0.25) is 0 Å². The van der Waals surface area contributed by atoms with Gasteiger partial charge < -0.3 is 41.4 Å². The van der Waals surface area contributed by atoms with E-state index in [-0.39, 0.29) is 41.1 Å². The summed E-state index contributed by atoms with van der Waals surface area (Å²) in [5.74, 6) is 0.234. The van der Waals surface area contributed by atoms with Crippen LogP contribution in [0.3, 0.4) is 0 Å². The van der Waals surface area contributed by atoms with Crippen molar-refractivity contribution >= 4 is 59.0 Å². The summed E-state index contributed by atoms with van der Waals surface area (Å²) in [4.78, 5) is 76.8. The summed E-state index contributed by atoms with van der Waals surface area (Å²) in [5, 5.41) is 18.8. The van der Waals surface area contributed by atoms with E-state index in [1.807, 2.05) is 41.5 Å². The molecule has 4 atom stereocenters. The number of hydrogen-bond acceptors (Lipinski definition) is 10. The van der Waals surface area contributed by atoms with Crippen LogP contribution in [0, 0.1) is 0 Å². The topological polar surface area (TPSA) is 200 Å². The molecule has 424 valence electrons. The number of carbonyl (C=O) groups excluding carboxylic acids is 6. The van der Waals surface area contributed by atoms with E-state index in [9.17, 15) is 28.8 Å². The molecule has 6 N–H and O–H groups in total. The molecule has 0 saturated carbocycles. The van der Waals surface area contributed by atoms with Gasteiger partial charge in [-0.3, -0.25) is 29.0 Å². The van der Waals surface area contributed by atoms with E-state index in [1.165, 1.54) is 77.0 Å². The molecule has 0 aromatic heterocycles. The largest absolute Gasteiger partial charge is 0.444 e. The van der Waals surface area contributed by atoms with E-state index < -0.39 is 35.5 Å². The molecule has 0 spiro atoms. The Kier molecular flexibility index (Phi) is 35.6. The predicted molar refractivity (Wildman–Crippen MR) is 295 cm³/mol. The van der Waals surface area contributed by atoms with Gasteiger partial charge in [-0.25, -0.2) is 9.59 Å². The molecular formula is C55H102Cl2N8O8. The minimum absolute atomic E-state index is 0.0561. The van der Waals surface area contributed by atoms with Crippen LogP contribution in [-0.4, -0.2) is 139 Å². The highest BCUT2D eigenvalue weighted by atomic mass is 35.5. The predicted octanol–water partition coefficient (Wildman–Crippen LogP) is 9.96. The molecule has 0 bridgehead atoms. The highest BCUT2D eigenvalue weighted by Crippen LogP contribution is 2.23. The molecule has 0 aromatic rings. The smallest absolute Gasteiger partial charge is 0.410 e. The summed E-state index contributed by atoms with van der Waals surface area (Å²) in [6.45, 7) is 17.1. The molecule has 4 aliphatic rings. The van der Waals surface area contributed by atoms with Crippen molar-refractivity contribution in [2.24, 2.45) is 0 Å². The maximum Gasteiger partial charge on any atom is 0.410 e. The molecule has 0 radical (unpaired) electrons. The van der Waals surface area contributed by atoms with E-state index in [0.29, 0.717) is 39.0 Å². The van der Waals surface area contributed by atoms with Crippen LogP contribution in [0.4, 0.5) is 9.59 Å². The normalized spacial score (nSPS) is 19.6. The van der Waals surface area contributed by atoms with Crippen LogP contribution < -0.4 is 31.9 Å². The Balaban J connectivity index is 0.000000508. The molecule has 16 nitrogen and oxygen atoms in total. The van der Waals surface area contributed by atoms with Gasteiger partial charge in [-0.1, -0.05) is 103 Å². The molecule has 4 saturated heterocycles. The number of rotatable bonds is 30. The molecule has 73 heavy (non-hydrogen) atoms. The number of carbonyl (C=O) groups is 6. The first kappa shape index (κ1) is 66.0. The lowest BCUT2D eigenvalue weighted by molar-refractivity contribution is -0.126. The number of alkyl halides is 2. The molecule has 0 aliphatic carbocycles. The summed E-state index contributed by atoms with van der Waals surface area (Å²) >= 11 is 9.53. The monoisotopic (exact) mass is 1070 g/mol. The van der Waals surface area contributed by atoms with Crippen molar-refractivity contribution in [3.8, 4) is 0 Å². The van der Waals surface area contributed by atoms with Crippen molar-refractivity contribution in [3.63, 3.8) is 0 Å². The average Bonchev–Trinajstić information content (AvgIpc) is 4.19. The summed E-state index contributed by atoms with van der Waals surface area (Å²) in [7, 11) is 0. The van der Waals surface area contributed by atoms with Crippen molar-refractivity contribution in [2.75, 3.05) is 57.7 Å². The van der Waals surface area contributed by atoms with E-state index in [2.05, 4.69) is 31.9 Å². The SMILES string of the molecule is CC(C)(C)OC(=O)N1CCC[C@@H]1C(=O)NCCCCCCCCCCCCNC(=O)[C@H]1CCCN1C(=O)OC(C)(C)C.ClCCl.O=C(NCCCCCCCCCCCCNC(=O)[C@H]1CCCN1)[C@H]1CCCN1. The van der Waals surface area contributed by atoms with Crippen LogP contribution in [0.5, 0.6) is 0 Å². The second-order valence-corrected chi connectivity index (χ2v) is 23.1. The second kappa shape index (κ2) is 39.3. The highest BCUT2D eigenvalue weighted by molar-refractivity contribution is 6.40. The fraction of sp³-hybridized carbons (Fsp3) is 0.891. The lowest BCUT2D eigenvalue weighted by Crippen LogP contribution is -2.47. The first-order valence-corrected chi connectivity index (χ1v) is 29.7. The number of likely N-dealkylation sites (tertiary alicyclic amines) is 2. The molecule has 4 fully saturated rings. The van der Waals surface area contributed by atoms with Crippen molar-refractivity contribution in [1.29, 1.82) is 0 Å². The van der Waals surface area contributed by atoms with Gasteiger partial charge in [0.1, 0.15) is 23.3 Å². The van der Waals surface area contributed by atoms with Gasteiger partial charge in [-0.2, -0.15) is 0 Å². The van der Waals surface area contributed by atoms with Crippen LogP contribution in [0.15, 0.2) is 0 Å². The first-order chi connectivity index (χ1) is 35.0. The van der Waals surface area contributed by atoms with Crippen LogP contribution >= 0.6 is 23.2 Å². The van der Waals surface area contributed by atoms with Crippen molar-refractivity contribution in [2.45, 2.75) is 257 Å². The van der Waals surface area contributed by atoms with Crippen LogP contribution in [0.25, 0.3) is 0 Å². The van der Waals surface area contributed by atoms with Gasteiger partial charge in [0.15, 0.2) is 0 Å². The third-order valence-electron chi connectivity index (χ3n) is 13.5. The average molecular weight is 1070 g/mol. The van der Waals surface area contributed by atoms with Gasteiger partial charge in [-0.15, -0.1) is 23.2 Å². The number of amides is 6. The Labute approximate surface area is 451 Å². The zero-order chi connectivity index (χ0) is 53.7. The second-order valence-electron chi connectivity index (χ2n) is 22.3. The Morgan fingerprint density at radius 1 is 0.425 bits per heavy atom. The Hall–Kier alpha value is -3.08. The fourth-order valence-electron chi connectivity index (χ4n) is 9.63. The summed E-state index contributed by atoms with van der Waals surface area (Å²) in [5.41, 5.74) is -1.13. The quantitative estimate of drug-likeness (QED) is 0.0297. The number of halogens is 2. The summed E-state index contributed by atoms with van der Waals surface area (Å²) in [6, 6.07) is -0.725. The lowest BCUT2D eigenvalue weighted by Gasteiger charge is -2.28. The standard InChI is InChI=1S/C32H58N4O6.C22H42N4O2.CH2Cl2/c1-31(2,3)41-29(39)35-23-17-19-25(35)27(37)33-21-15-13-11-9-7-8-10-12-14-16-22-34-28(38)26-20-18-24-36(26)30(40)42-32(4,5)6;27-21(19-13-11-17-23-19)25-15-9-7-5-3-1-2-4-6-8-10-16-26-22(28)20-14-12-18-24-20;2-1-3/h25-26H,7-24H2,1-6H3,(H,33,37)(H,34,38);19-20,23-24H,1-18H2,(H,25,27)(H,26,28);1H2/t25-,26-;19-,20-;/m11./s1. The van der Waals surface area contributed by atoms with E-state index >= 15 is 0 Å². The highest BCUT2D eigenvalue weighted by Gasteiger charge is 2.37. The van der Waals surface area contributed by atoms with E-state index in [1.54, 1.807) is 9.80 Å². The molecule has 0 unspecified atom stereocenters. The van der Waals surface area contributed by atoms with Gasteiger partial charge in [0.25, 0.3) is 0 Å². The zero-order valence-corrected chi connectivity index (χ0v) is 47.9. The molecule has 6 amide bonds. The van der Waals surface area contributed by atoms with Crippen molar-refractivity contribution in [1.82, 2.24) is 41.7 Å². The molecule has 4 heterocycles. The summed E-state index contributed by atoms with van der Waals surface area (Å²) in [6.07, 6.45) is 30.1. The lowest BCUT2D eigenvalue weighted by atomic mass is 10.1. The zero-order valence-electron chi connectivity index (χ0n) is 46.4. The number of unbranched alkanes of at least 4 members (excludes halogenated alkanes) is 18. The van der Waals surface area contributed by atoms with Crippen LogP contribution in [0.1, 0.15) is 221 Å². The maximum atomic E-state index is 12.6. The Bertz CT molecular complexity index is 1430. The van der Waals surface area contributed by atoms with Gasteiger partial charge in [0, 0.05) is 39.3 Å². The number of hydrogen-bond donors (Lipinski definition) is 6. The minimum atomic E-state index is -0.565. The van der Waals surface area contributed by atoms with E-state index in [0.717, 1.165) is 116 Å². The van der Waals surface area contributed by atoms with E-state index in [4.69, 9.17) is 32.7 Å². The van der Waals surface area contributed by atoms with Crippen molar-refractivity contribution in [3.05, 3.63) is 0 Å². The number of nitrogens with one attached hydrogen (secondary N) is 6. The van der Waals surface area contributed by atoms with Gasteiger partial charge in [-0.05, 0) is 132 Å². The minimum Gasteiger partial charge on any atom is -0.444 e. The fourth-order valence-corrected chi connectivity index (χ4v) is 9.63. The Morgan fingerprint density at radius 2 is 0.685 bits per heavy atom. The first-order valence-electron chi connectivity index (χ1n) is 28.7. The van der Waals surface area contributed by atoms with Gasteiger partial charge >= 0.3 is 12.2 Å². The van der Waals surface area contributed by atoms with Gasteiger partial charge in [0.05, 0.1) is 17.4 Å². The molecule has 4 aliphatic heterocycles. The molecular weight excluding hydrogens is 972 g/mol. The third kappa shape index (κ3) is 31.5. The maximum absolute atomic E-state index is 12.6. The molecule has 18 heteroatoms. The number of ether oxygens (including phenoxy) is 2. The molecule has 4 rings (SSSR count). The van der Waals surface area contributed by atoms with Gasteiger partial charge in [0.2, 0.25) is 23.6 Å².